The number of amides is 2. The van der Waals surface area contributed by atoms with Crippen molar-refractivity contribution in [3.8, 4) is 0 Å². The third-order valence-electron chi connectivity index (χ3n) is 7.98. The van der Waals surface area contributed by atoms with Crippen LogP contribution in [-0.2, 0) is 24.3 Å². The van der Waals surface area contributed by atoms with Crippen molar-refractivity contribution in [3.05, 3.63) is 100.0 Å². The van der Waals surface area contributed by atoms with Gasteiger partial charge in [-0.25, -0.2) is 4.39 Å². The minimum atomic E-state index is -0.329. The van der Waals surface area contributed by atoms with Gasteiger partial charge in [-0.1, -0.05) is 61.8 Å². The van der Waals surface area contributed by atoms with Crippen LogP contribution in [0.4, 0.5) is 10.1 Å². The first kappa shape index (κ1) is 29.8. The molecular formula is C34H38ClFN4O2. The maximum absolute atomic E-state index is 14.3. The van der Waals surface area contributed by atoms with E-state index < -0.39 is 0 Å². The van der Waals surface area contributed by atoms with Crippen molar-refractivity contribution in [3.63, 3.8) is 0 Å². The first-order valence-electron chi connectivity index (χ1n) is 14.8. The molecule has 2 amide bonds. The molecule has 1 N–H and O–H groups in total. The Morgan fingerprint density at radius 3 is 2.52 bits per heavy atom. The van der Waals surface area contributed by atoms with Crippen molar-refractivity contribution in [2.75, 3.05) is 31.1 Å². The summed E-state index contributed by atoms with van der Waals surface area (Å²) in [6, 6.07) is 20.5. The monoisotopic (exact) mass is 588 g/mol. The molecule has 0 aliphatic carbocycles. The molecule has 0 saturated heterocycles. The van der Waals surface area contributed by atoms with E-state index >= 15 is 0 Å². The highest BCUT2D eigenvalue weighted by atomic mass is 35.5. The smallest absolute Gasteiger partial charge is 0.270 e. The highest BCUT2D eigenvalue weighted by molar-refractivity contribution is 6.31. The Labute approximate surface area is 252 Å². The third-order valence-corrected chi connectivity index (χ3v) is 8.21. The van der Waals surface area contributed by atoms with Gasteiger partial charge in [0.1, 0.15) is 11.5 Å². The van der Waals surface area contributed by atoms with Crippen LogP contribution in [0.5, 0.6) is 0 Å². The van der Waals surface area contributed by atoms with E-state index in [1.807, 2.05) is 60.0 Å². The van der Waals surface area contributed by atoms with Crippen LogP contribution in [0, 0.1) is 5.82 Å². The summed E-state index contributed by atoms with van der Waals surface area (Å²) in [5.41, 5.74) is 4.85. The lowest BCUT2D eigenvalue weighted by atomic mass is 10.1. The van der Waals surface area contributed by atoms with Gasteiger partial charge < -0.3 is 14.8 Å². The molecule has 0 saturated carbocycles. The number of nitrogens with one attached hydrogen (secondary N) is 1. The Balaban J connectivity index is 1.55. The molecule has 1 aliphatic heterocycles. The number of hydrogen-bond acceptors (Lipinski definition) is 3. The van der Waals surface area contributed by atoms with Gasteiger partial charge >= 0.3 is 0 Å². The second-order valence-corrected chi connectivity index (χ2v) is 11.4. The van der Waals surface area contributed by atoms with Gasteiger partial charge in [0.2, 0.25) is 5.91 Å². The number of rotatable bonds is 6. The molecule has 0 bridgehead atoms. The fraction of sp³-hybridized carbons (Fsp3) is 0.353. The van der Waals surface area contributed by atoms with E-state index in [9.17, 15) is 14.0 Å². The van der Waals surface area contributed by atoms with Gasteiger partial charge in [-0.05, 0) is 66.3 Å². The number of nitrogens with zero attached hydrogens (tertiary/aromatic N) is 3. The second kappa shape index (κ2) is 13.5. The van der Waals surface area contributed by atoms with Crippen molar-refractivity contribution < 1.29 is 14.0 Å². The molecule has 0 unspecified atom stereocenters. The van der Waals surface area contributed by atoms with E-state index in [2.05, 4.69) is 22.0 Å². The predicted molar refractivity (Wildman–Crippen MR) is 167 cm³/mol. The molecule has 6 nitrogen and oxygen atoms in total. The maximum Gasteiger partial charge on any atom is 0.270 e. The molecule has 0 spiro atoms. The Kier molecular flexibility index (Phi) is 9.60. The van der Waals surface area contributed by atoms with E-state index in [1.54, 1.807) is 6.07 Å². The molecule has 0 atom stereocenters. The molecular weight excluding hydrogens is 551 g/mol. The Hall–Kier alpha value is -3.68. The second-order valence-electron chi connectivity index (χ2n) is 10.9. The van der Waals surface area contributed by atoms with Crippen LogP contribution in [0.2, 0.25) is 5.02 Å². The largest absolute Gasteiger partial charge is 0.350 e. The summed E-state index contributed by atoms with van der Waals surface area (Å²) in [5.74, 6) is -0.419. The average Bonchev–Trinajstić information content (AvgIpc) is 3.34. The first-order chi connectivity index (χ1) is 20.4. The molecule has 8 heteroatoms. The number of hydrogen-bond donors (Lipinski definition) is 1. The van der Waals surface area contributed by atoms with E-state index in [0.717, 1.165) is 53.6 Å². The molecule has 42 heavy (non-hydrogen) atoms. The van der Waals surface area contributed by atoms with E-state index in [4.69, 9.17) is 11.6 Å². The zero-order valence-corrected chi connectivity index (χ0v) is 25.1. The van der Waals surface area contributed by atoms with Crippen LogP contribution >= 0.6 is 11.6 Å². The Bertz CT molecular complexity index is 1550. The molecule has 220 valence electrons. The van der Waals surface area contributed by atoms with Gasteiger partial charge in [0.05, 0.1) is 5.69 Å². The number of fused-ring (bicyclic) bond motifs is 2. The molecule has 2 heterocycles. The van der Waals surface area contributed by atoms with Gasteiger partial charge in [0.15, 0.2) is 0 Å². The number of H-pyrrole nitrogens is 1. The summed E-state index contributed by atoms with van der Waals surface area (Å²) in [7, 11) is 0. The van der Waals surface area contributed by atoms with Crippen LogP contribution in [0.25, 0.3) is 10.9 Å². The van der Waals surface area contributed by atoms with Crippen molar-refractivity contribution >= 4 is 40.0 Å². The number of aryl methyl sites for hydroxylation is 1. The molecule has 0 fully saturated rings. The normalized spacial score (nSPS) is 15.0. The fourth-order valence-electron chi connectivity index (χ4n) is 5.86. The molecule has 1 aliphatic rings. The van der Waals surface area contributed by atoms with Crippen LogP contribution in [-0.4, -0.2) is 52.8 Å². The predicted octanol–water partition coefficient (Wildman–Crippen LogP) is 7.20. The zero-order chi connectivity index (χ0) is 29.6. The van der Waals surface area contributed by atoms with Crippen LogP contribution < -0.4 is 4.90 Å². The average molecular weight is 589 g/mol. The van der Waals surface area contributed by atoms with Gasteiger partial charge in [-0.15, -0.1) is 0 Å². The topological polar surface area (TPSA) is 59.7 Å². The fourth-order valence-corrected chi connectivity index (χ4v) is 6.03. The quantitative estimate of drug-likeness (QED) is 0.259. The molecule has 1 aromatic heterocycles. The number of carbonyl (C=O) groups is 2. The lowest BCUT2D eigenvalue weighted by molar-refractivity contribution is -0.118. The summed E-state index contributed by atoms with van der Waals surface area (Å²) in [6.45, 7) is 7.54. The number of aromatic nitrogens is 1. The van der Waals surface area contributed by atoms with Gasteiger partial charge in [0, 0.05) is 61.6 Å². The molecule has 5 rings (SSSR count). The van der Waals surface area contributed by atoms with Crippen molar-refractivity contribution in [1.82, 2.24) is 14.8 Å². The van der Waals surface area contributed by atoms with E-state index in [-0.39, 0.29) is 17.6 Å². The Morgan fingerprint density at radius 1 is 0.952 bits per heavy atom. The molecule has 3 aromatic carbocycles. The number of anilines is 1. The number of aromatic amines is 1. The Morgan fingerprint density at radius 2 is 1.76 bits per heavy atom. The highest BCUT2D eigenvalue weighted by Crippen LogP contribution is 2.30. The van der Waals surface area contributed by atoms with Crippen molar-refractivity contribution in [1.29, 1.82) is 0 Å². The van der Waals surface area contributed by atoms with Crippen molar-refractivity contribution in [2.45, 2.75) is 52.6 Å². The number of carbonyl (C=O) groups excluding carboxylic acids is 2. The third kappa shape index (κ3) is 6.69. The summed E-state index contributed by atoms with van der Waals surface area (Å²) in [4.78, 5) is 37.0. The summed E-state index contributed by atoms with van der Waals surface area (Å²) in [5, 5.41) is 1.28. The molecule has 4 aromatic rings. The van der Waals surface area contributed by atoms with Crippen molar-refractivity contribution in [2.24, 2.45) is 0 Å². The zero-order valence-electron chi connectivity index (χ0n) is 24.3. The lowest BCUT2D eigenvalue weighted by Gasteiger charge is -2.28. The van der Waals surface area contributed by atoms with Crippen LogP contribution in [0.1, 0.15) is 60.3 Å². The van der Waals surface area contributed by atoms with Gasteiger partial charge in [-0.3, -0.25) is 14.5 Å². The molecule has 0 radical (unpaired) electrons. The van der Waals surface area contributed by atoms with E-state index in [1.165, 1.54) is 17.7 Å². The van der Waals surface area contributed by atoms with Crippen LogP contribution in [0.15, 0.2) is 66.7 Å². The summed E-state index contributed by atoms with van der Waals surface area (Å²) in [6.07, 6.45) is 2.56. The summed E-state index contributed by atoms with van der Waals surface area (Å²) >= 11 is 6.47. The van der Waals surface area contributed by atoms with E-state index in [0.29, 0.717) is 49.7 Å². The first-order valence-corrected chi connectivity index (χ1v) is 15.2. The number of benzene rings is 3. The minimum Gasteiger partial charge on any atom is -0.350 e. The van der Waals surface area contributed by atoms with Crippen LogP contribution in [0.3, 0.4) is 0 Å². The van der Waals surface area contributed by atoms with Gasteiger partial charge in [-0.2, -0.15) is 0 Å². The standard InChI is InChI=1S/C34H38ClFN4O2/c1-3-9-32(41)40-17-8-16-38(22-24-10-6-5-7-11-24)18-19-39(23-25-12-13-26(35)20-31(25)40)34(42)33-28(4-2)29-21-27(36)14-15-30(29)37-33/h5-7,10-15,20-21,37H,3-4,8-9,16-19,22-23H2,1-2H3. The highest BCUT2D eigenvalue weighted by Gasteiger charge is 2.27. The number of halogens is 2. The van der Waals surface area contributed by atoms with Gasteiger partial charge in [0.25, 0.3) is 5.91 Å². The minimum absolute atomic E-state index is 0.0543. The SMILES string of the molecule is CCCC(=O)N1CCCN(Cc2ccccc2)CCN(C(=O)c2[nH]c3ccc(F)cc3c2CC)Cc2ccc(Cl)cc21. The summed E-state index contributed by atoms with van der Waals surface area (Å²) < 4.78 is 14.2. The lowest BCUT2D eigenvalue weighted by Crippen LogP contribution is -2.39. The maximum atomic E-state index is 14.3.